The Morgan fingerprint density at radius 3 is 1.46 bits per heavy atom. The summed E-state index contributed by atoms with van der Waals surface area (Å²) >= 11 is -2.82. The van der Waals surface area contributed by atoms with Crippen LogP contribution in [0.4, 0.5) is 0 Å². The molecule has 0 saturated heterocycles. The zero-order valence-corrected chi connectivity index (χ0v) is 31.6. The molecule has 0 nitrogen and oxygen atoms in total. The number of hydrogen-bond acceptors (Lipinski definition) is 0. The average molecular weight is 721 g/mol. The van der Waals surface area contributed by atoms with Crippen molar-refractivity contribution in [2.75, 3.05) is 0 Å². The minimum absolute atomic E-state index is 0. The predicted molar refractivity (Wildman–Crippen MR) is 185 cm³/mol. The van der Waals surface area contributed by atoms with Crippen LogP contribution in [0.1, 0.15) is 93.3 Å². The van der Waals surface area contributed by atoms with Crippen molar-refractivity contribution >= 4 is 9.28 Å². The van der Waals surface area contributed by atoms with Gasteiger partial charge in [0.05, 0.1) is 0 Å². The summed E-state index contributed by atoms with van der Waals surface area (Å²) in [5.41, 5.74) is 14.7. The normalized spacial score (nSPS) is 14.7. The van der Waals surface area contributed by atoms with Gasteiger partial charge in [0.25, 0.3) is 0 Å². The molecule has 5 aromatic carbocycles. The van der Waals surface area contributed by atoms with Gasteiger partial charge in [0.1, 0.15) is 0 Å². The molecule has 0 fully saturated rings. The summed E-state index contributed by atoms with van der Waals surface area (Å²) in [6.07, 6.45) is 4.98. The number of allylic oxidation sites excluding steroid dienone is 1. The van der Waals surface area contributed by atoms with Crippen LogP contribution in [0.2, 0.25) is 0 Å². The first-order chi connectivity index (χ1) is 21.1. The smallest absolute Gasteiger partial charge is 1.00 e. The first-order valence-electron chi connectivity index (χ1n) is 16.0. The first-order valence-corrected chi connectivity index (χ1v) is 20.1. The van der Waals surface area contributed by atoms with Crippen molar-refractivity contribution in [1.82, 2.24) is 0 Å². The molecule has 2 aliphatic rings. The Kier molecular flexibility index (Phi) is 10.0. The van der Waals surface area contributed by atoms with Gasteiger partial charge in [-0.15, -0.1) is 0 Å². The Hall–Kier alpha value is -2.83. The van der Waals surface area contributed by atoms with E-state index in [1.54, 1.807) is 14.3 Å². The average Bonchev–Trinajstić information content (AvgIpc) is 3.58. The van der Waals surface area contributed by atoms with Crippen molar-refractivity contribution in [3.63, 3.8) is 0 Å². The van der Waals surface area contributed by atoms with Crippen LogP contribution in [0.5, 0.6) is 0 Å². The van der Waals surface area contributed by atoms with Crippen molar-refractivity contribution < 1.29 is 46.1 Å². The summed E-state index contributed by atoms with van der Waals surface area (Å²) in [4.78, 5) is 0. The van der Waals surface area contributed by atoms with Gasteiger partial charge in [-0.1, -0.05) is 0 Å². The zero-order valence-electron chi connectivity index (χ0n) is 27.6. The first kappa shape index (κ1) is 34.5. The summed E-state index contributed by atoms with van der Waals surface area (Å²) in [5.74, 6) is 0. The van der Waals surface area contributed by atoms with Gasteiger partial charge in [-0.05, 0) is 0 Å². The van der Waals surface area contributed by atoms with E-state index in [4.69, 9.17) is 0 Å². The number of hydrogen-bond donors (Lipinski definition) is 0. The second-order valence-electron chi connectivity index (χ2n) is 14.6. The van der Waals surface area contributed by atoms with Crippen molar-refractivity contribution in [2.45, 2.75) is 59.6 Å². The largest absolute Gasteiger partial charge is 1.00 e. The van der Waals surface area contributed by atoms with E-state index in [-0.39, 0.29) is 35.6 Å². The Balaban J connectivity index is 0.00000208. The third-order valence-electron chi connectivity index (χ3n) is 9.61. The van der Waals surface area contributed by atoms with Crippen molar-refractivity contribution in [3.8, 4) is 11.1 Å². The van der Waals surface area contributed by atoms with Gasteiger partial charge in [-0.2, -0.15) is 0 Å². The molecule has 0 radical (unpaired) electrons. The molecule has 0 amide bonds. The fourth-order valence-electron chi connectivity index (χ4n) is 7.24. The zero-order chi connectivity index (χ0) is 30.6. The molecule has 0 aliphatic heterocycles. The summed E-state index contributed by atoms with van der Waals surface area (Å²) < 4.78 is 2.44. The maximum atomic E-state index is 2.59. The van der Waals surface area contributed by atoms with E-state index in [0.717, 1.165) is 0 Å². The molecular formula is C43H42Cl2Zr. The molecule has 0 saturated carbocycles. The van der Waals surface area contributed by atoms with E-state index in [2.05, 4.69) is 175 Å². The number of benzene rings is 5. The molecule has 0 bridgehead atoms. The van der Waals surface area contributed by atoms with Crippen LogP contribution in [-0.2, 0) is 32.1 Å². The molecule has 5 aromatic rings. The van der Waals surface area contributed by atoms with E-state index in [0.29, 0.717) is 7.25 Å². The fraction of sp³-hybridized carbons (Fsp3) is 0.233. The van der Waals surface area contributed by atoms with Gasteiger partial charge >= 0.3 is 273 Å². The summed E-state index contributed by atoms with van der Waals surface area (Å²) in [6.45, 7) is 14.1. The molecule has 2 aliphatic carbocycles. The standard InChI is InChI=1S/C21H25.C13H10.C9H7.2ClH.Zr/c1-20(2,3)16-7-9-18-14(12-16)11-15-13-17(21(4,5)6)8-10-19(15)18;1-3-7-12(8-4-1)11-13-9-5-2-6-10-13;1-2-5-9-7-3-6-8(9)4-1;;;/h7-13H,1-6H3;1-10H;1-7H;2*1H;/q;;;;;+2/p-2. The van der Waals surface area contributed by atoms with Crippen LogP contribution < -0.4 is 24.8 Å². The van der Waals surface area contributed by atoms with E-state index < -0.39 is 21.3 Å². The molecule has 0 aromatic heterocycles. The summed E-state index contributed by atoms with van der Waals surface area (Å²) in [5, 5.41) is 0. The molecule has 3 heteroatoms. The van der Waals surface area contributed by atoms with Gasteiger partial charge < -0.3 is 24.8 Å². The maximum absolute atomic E-state index is 2.82. The SMILES string of the molecule is CC(C)(C)c1ccc2c(c1)[CH]([Zr+2](=[C](c1ccccc1)c1ccccc1)[CH]1C=Cc3ccccc31)c1cc(C(C)(C)C)ccc1-2.[Cl-].[Cl-]. The quantitative estimate of drug-likeness (QED) is 0.245. The van der Waals surface area contributed by atoms with Gasteiger partial charge in [0.15, 0.2) is 0 Å². The molecule has 1 unspecified atom stereocenters. The molecule has 0 N–H and O–H groups in total. The van der Waals surface area contributed by atoms with Crippen LogP contribution in [0.25, 0.3) is 17.2 Å². The Morgan fingerprint density at radius 2 is 0.978 bits per heavy atom. The summed E-state index contributed by atoms with van der Waals surface area (Å²) in [6, 6.07) is 46.7. The molecule has 46 heavy (non-hydrogen) atoms. The van der Waals surface area contributed by atoms with Crippen LogP contribution in [0.3, 0.4) is 0 Å². The predicted octanol–water partition coefficient (Wildman–Crippen LogP) is 5.01. The molecule has 232 valence electrons. The minimum Gasteiger partial charge on any atom is -1.00 e. The van der Waals surface area contributed by atoms with Gasteiger partial charge in [0.2, 0.25) is 0 Å². The van der Waals surface area contributed by atoms with Crippen LogP contribution in [0.15, 0.2) is 127 Å². The number of rotatable bonds is 4. The van der Waals surface area contributed by atoms with Gasteiger partial charge in [-0.25, -0.2) is 0 Å². The Morgan fingerprint density at radius 1 is 0.522 bits per heavy atom. The minimum atomic E-state index is -2.82. The maximum Gasteiger partial charge on any atom is -1.00 e. The molecule has 7 rings (SSSR count). The fourth-order valence-corrected chi connectivity index (χ4v) is 17.1. The van der Waals surface area contributed by atoms with Crippen molar-refractivity contribution in [3.05, 3.63) is 172 Å². The van der Waals surface area contributed by atoms with Gasteiger partial charge in [0, 0.05) is 0 Å². The van der Waals surface area contributed by atoms with E-state index in [1.807, 2.05) is 0 Å². The van der Waals surface area contributed by atoms with Crippen molar-refractivity contribution in [2.24, 2.45) is 0 Å². The van der Waals surface area contributed by atoms with E-state index in [1.165, 1.54) is 44.5 Å². The Labute approximate surface area is 296 Å². The molecule has 0 heterocycles. The molecule has 1 atom stereocenters. The second kappa shape index (κ2) is 13.4. The van der Waals surface area contributed by atoms with Crippen LogP contribution >= 0.6 is 0 Å². The molecular weight excluding hydrogens is 679 g/mol. The summed E-state index contributed by atoms with van der Waals surface area (Å²) in [7, 11) is 0. The van der Waals surface area contributed by atoms with Crippen LogP contribution in [0, 0.1) is 0 Å². The van der Waals surface area contributed by atoms with E-state index >= 15 is 0 Å². The number of fused-ring (bicyclic) bond motifs is 4. The van der Waals surface area contributed by atoms with Gasteiger partial charge in [-0.3, -0.25) is 0 Å². The third kappa shape index (κ3) is 6.24. The number of halogens is 2. The monoisotopic (exact) mass is 718 g/mol. The third-order valence-corrected chi connectivity index (χ3v) is 18.4. The second-order valence-corrected chi connectivity index (χ2v) is 21.0. The van der Waals surface area contributed by atoms with Crippen LogP contribution in [-0.4, -0.2) is 3.21 Å². The van der Waals surface area contributed by atoms with E-state index in [9.17, 15) is 0 Å². The van der Waals surface area contributed by atoms with Crippen molar-refractivity contribution in [1.29, 1.82) is 0 Å². The molecule has 0 spiro atoms. The topological polar surface area (TPSA) is 0 Å². The Bertz CT molecular complexity index is 1820.